The number of carbonyl (C=O) groups is 1. The number of benzene rings is 1. The Bertz CT molecular complexity index is 644. The SMILES string of the molecule is Cc1c(C(=O)O)ccc(=O)n1CCc1ccccc1. The van der Waals surface area contributed by atoms with Crippen molar-refractivity contribution in [2.75, 3.05) is 0 Å². The molecule has 98 valence electrons. The van der Waals surface area contributed by atoms with Crippen LogP contribution in [0.5, 0.6) is 0 Å². The molecule has 19 heavy (non-hydrogen) atoms. The molecule has 0 bridgehead atoms. The van der Waals surface area contributed by atoms with E-state index in [2.05, 4.69) is 0 Å². The highest BCUT2D eigenvalue weighted by Crippen LogP contribution is 2.07. The topological polar surface area (TPSA) is 59.3 Å². The highest BCUT2D eigenvalue weighted by Gasteiger charge is 2.11. The molecule has 0 amide bonds. The van der Waals surface area contributed by atoms with Gasteiger partial charge in [0, 0.05) is 18.3 Å². The number of aryl methyl sites for hydroxylation is 1. The van der Waals surface area contributed by atoms with Gasteiger partial charge in [0.25, 0.3) is 5.56 Å². The summed E-state index contributed by atoms with van der Waals surface area (Å²) in [5, 5.41) is 9.05. The van der Waals surface area contributed by atoms with Crippen LogP contribution >= 0.6 is 0 Å². The van der Waals surface area contributed by atoms with Gasteiger partial charge in [0.15, 0.2) is 0 Å². The number of carboxylic acid groups (broad SMARTS) is 1. The van der Waals surface area contributed by atoms with E-state index in [1.165, 1.54) is 16.7 Å². The summed E-state index contributed by atoms with van der Waals surface area (Å²) in [6.45, 7) is 2.14. The average Bonchev–Trinajstić information content (AvgIpc) is 2.39. The minimum Gasteiger partial charge on any atom is -0.478 e. The monoisotopic (exact) mass is 257 g/mol. The van der Waals surface area contributed by atoms with Crippen LogP contribution in [0.25, 0.3) is 0 Å². The van der Waals surface area contributed by atoms with Crippen molar-refractivity contribution in [1.29, 1.82) is 0 Å². The van der Waals surface area contributed by atoms with Crippen LogP contribution in [0.3, 0.4) is 0 Å². The summed E-state index contributed by atoms with van der Waals surface area (Å²) in [5.41, 5.74) is 1.62. The fraction of sp³-hybridized carbons (Fsp3) is 0.200. The molecule has 0 radical (unpaired) electrons. The van der Waals surface area contributed by atoms with Gasteiger partial charge in [-0.1, -0.05) is 30.3 Å². The lowest BCUT2D eigenvalue weighted by Crippen LogP contribution is -2.24. The first-order valence-corrected chi connectivity index (χ1v) is 6.07. The summed E-state index contributed by atoms with van der Waals surface area (Å²) in [5.74, 6) is -1.01. The van der Waals surface area contributed by atoms with Gasteiger partial charge in [0.1, 0.15) is 0 Å². The van der Waals surface area contributed by atoms with Crippen LogP contribution in [0.2, 0.25) is 0 Å². The van der Waals surface area contributed by atoms with Crippen LogP contribution in [0.15, 0.2) is 47.3 Å². The third-order valence-corrected chi connectivity index (χ3v) is 3.15. The van der Waals surface area contributed by atoms with E-state index in [-0.39, 0.29) is 11.1 Å². The van der Waals surface area contributed by atoms with E-state index in [9.17, 15) is 9.59 Å². The summed E-state index contributed by atoms with van der Waals surface area (Å²) < 4.78 is 1.51. The second-order valence-electron chi connectivity index (χ2n) is 4.36. The third kappa shape index (κ3) is 2.91. The highest BCUT2D eigenvalue weighted by atomic mass is 16.4. The fourth-order valence-corrected chi connectivity index (χ4v) is 2.07. The van der Waals surface area contributed by atoms with Crippen molar-refractivity contribution in [1.82, 2.24) is 4.57 Å². The Morgan fingerprint density at radius 3 is 2.47 bits per heavy atom. The van der Waals surface area contributed by atoms with Crippen LogP contribution in [-0.4, -0.2) is 15.6 Å². The van der Waals surface area contributed by atoms with Crippen LogP contribution in [0, 0.1) is 6.92 Å². The number of carboxylic acids is 1. The van der Waals surface area contributed by atoms with Gasteiger partial charge in [-0.25, -0.2) is 4.79 Å². The number of rotatable bonds is 4. The first-order valence-electron chi connectivity index (χ1n) is 6.07. The quantitative estimate of drug-likeness (QED) is 0.912. The largest absolute Gasteiger partial charge is 0.478 e. The lowest BCUT2D eigenvalue weighted by Gasteiger charge is -2.11. The van der Waals surface area contributed by atoms with Crippen molar-refractivity contribution in [2.45, 2.75) is 19.9 Å². The van der Waals surface area contributed by atoms with Gasteiger partial charge in [0.2, 0.25) is 0 Å². The van der Waals surface area contributed by atoms with Gasteiger partial charge in [-0.2, -0.15) is 0 Å². The number of hydrogen-bond donors (Lipinski definition) is 1. The summed E-state index contributed by atoms with van der Waals surface area (Å²) in [7, 11) is 0. The molecule has 4 nitrogen and oxygen atoms in total. The molecule has 0 unspecified atom stereocenters. The molecular formula is C15H15NO3. The molecule has 0 aliphatic heterocycles. The molecule has 2 rings (SSSR count). The molecule has 0 aliphatic rings. The van der Waals surface area contributed by atoms with Gasteiger partial charge in [-0.3, -0.25) is 4.79 Å². The van der Waals surface area contributed by atoms with Crippen LogP contribution in [0.1, 0.15) is 21.6 Å². The van der Waals surface area contributed by atoms with Crippen LogP contribution < -0.4 is 5.56 Å². The highest BCUT2D eigenvalue weighted by molar-refractivity contribution is 5.88. The van der Waals surface area contributed by atoms with Crippen molar-refractivity contribution in [3.05, 3.63) is 69.6 Å². The molecule has 1 N–H and O–H groups in total. The first-order chi connectivity index (χ1) is 9.09. The average molecular weight is 257 g/mol. The lowest BCUT2D eigenvalue weighted by molar-refractivity contribution is 0.0695. The second kappa shape index (κ2) is 5.52. The van der Waals surface area contributed by atoms with Gasteiger partial charge in [0.05, 0.1) is 5.56 Å². The predicted octanol–water partition coefficient (Wildman–Crippen LogP) is 2.10. The standard InChI is InChI=1S/C15H15NO3/c1-11-13(15(18)19)7-8-14(17)16(11)10-9-12-5-3-2-4-6-12/h2-8H,9-10H2,1H3,(H,18,19). The van der Waals surface area contributed by atoms with E-state index in [0.717, 1.165) is 5.56 Å². The molecular weight excluding hydrogens is 242 g/mol. The molecule has 0 saturated carbocycles. The summed E-state index contributed by atoms with van der Waals surface area (Å²) in [6.07, 6.45) is 0.699. The number of aromatic nitrogens is 1. The number of nitrogens with zero attached hydrogens (tertiary/aromatic N) is 1. The Morgan fingerprint density at radius 2 is 1.84 bits per heavy atom. The molecule has 0 spiro atoms. The maximum atomic E-state index is 11.8. The minimum absolute atomic E-state index is 0.168. The van der Waals surface area contributed by atoms with Crippen LogP contribution in [0.4, 0.5) is 0 Å². The van der Waals surface area contributed by atoms with E-state index in [1.54, 1.807) is 6.92 Å². The zero-order valence-corrected chi connectivity index (χ0v) is 10.7. The maximum Gasteiger partial charge on any atom is 0.337 e. The maximum absolute atomic E-state index is 11.8. The predicted molar refractivity (Wildman–Crippen MR) is 72.5 cm³/mol. The number of hydrogen-bond acceptors (Lipinski definition) is 2. The first kappa shape index (κ1) is 13.1. The Labute approximate surface area is 110 Å². The summed E-state index contributed by atoms with van der Waals surface area (Å²) in [6, 6.07) is 12.5. The zero-order chi connectivity index (χ0) is 13.8. The van der Waals surface area contributed by atoms with E-state index in [4.69, 9.17) is 5.11 Å². The molecule has 1 aromatic carbocycles. The van der Waals surface area contributed by atoms with E-state index < -0.39 is 5.97 Å². The normalized spacial score (nSPS) is 10.4. The summed E-state index contributed by atoms with van der Waals surface area (Å²) in [4.78, 5) is 22.9. The summed E-state index contributed by atoms with van der Waals surface area (Å²) >= 11 is 0. The Hall–Kier alpha value is -2.36. The lowest BCUT2D eigenvalue weighted by atomic mass is 10.1. The second-order valence-corrected chi connectivity index (χ2v) is 4.36. The van der Waals surface area contributed by atoms with Crippen LogP contribution in [-0.2, 0) is 13.0 Å². The molecule has 0 fully saturated rings. The molecule has 2 aromatic rings. The third-order valence-electron chi connectivity index (χ3n) is 3.15. The minimum atomic E-state index is -1.01. The van der Waals surface area contributed by atoms with Crippen molar-refractivity contribution in [3.8, 4) is 0 Å². The molecule has 0 saturated heterocycles. The molecule has 1 heterocycles. The van der Waals surface area contributed by atoms with Crippen molar-refractivity contribution >= 4 is 5.97 Å². The van der Waals surface area contributed by atoms with E-state index in [1.807, 2.05) is 30.3 Å². The van der Waals surface area contributed by atoms with Crippen molar-refractivity contribution in [2.24, 2.45) is 0 Å². The Morgan fingerprint density at radius 1 is 1.16 bits per heavy atom. The van der Waals surface area contributed by atoms with Gasteiger partial charge >= 0.3 is 5.97 Å². The van der Waals surface area contributed by atoms with E-state index in [0.29, 0.717) is 18.7 Å². The number of aromatic carboxylic acids is 1. The zero-order valence-electron chi connectivity index (χ0n) is 10.7. The Balaban J connectivity index is 2.27. The van der Waals surface area contributed by atoms with Gasteiger partial charge in [-0.15, -0.1) is 0 Å². The number of pyridine rings is 1. The van der Waals surface area contributed by atoms with Gasteiger partial charge in [-0.05, 0) is 25.0 Å². The van der Waals surface area contributed by atoms with Gasteiger partial charge < -0.3 is 9.67 Å². The Kier molecular flexibility index (Phi) is 3.80. The van der Waals surface area contributed by atoms with E-state index >= 15 is 0 Å². The smallest absolute Gasteiger partial charge is 0.337 e. The fourth-order valence-electron chi connectivity index (χ4n) is 2.07. The molecule has 1 aromatic heterocycles. The molecule has 0 aliphatic carbocycles. The molecule has 0 atom stereocenters. The van der Waals surface area contributed by atoms with Crippen molar-refractivity contribution < 1.29 is 9.90 Å². The molecule has 4 heteroatoms. The van der Waals surface area contributed by atoms with Crippen molar-refractivity contribution in [3.63, 3.8) is 0 Å².